The fraction of sp³-hybridized carbons (Fsp3) is 0.625. The number of benzene rings is 1. The zero-order chi connectivity index (χ0) is 14.4. The van der Waals surface area contributed by atoms with Crippen molar-refractivity contribution >= 4 is 17.3 Å². The molecule has 0 amide bonds. The van der Waals surface area contributed by atoms with Crippen LogP contribution in [0, 0.1) is 11.8 Å². The Kier molecular flexibility index (Phi) is 6.50. The Morgan fingerprint density at radius 3 is 2.16 bits per heavy atom. The third kappa shape index (κ3) is 5.73. The van der Waals surface area contributed by atoms with Crippen LogP contribution in [0.3, 0.4) is 0 Å². The summed E-state index contributed by atoms with van der Waals surface area (Å²) in [6.45, 7) is 9.02. The number of hydrogen-bond donors (Lipinski definition) is 1. The van der Waals surface area contributed by atoms with E-state index in [0.717, 1.165) is 29.3 Å². The topological polar surface area (TPSA) is 21.3 Å². The molecule has 3 heteroatoms. The Bertz CT molecular complexity index is 380. The number of methoxy groups -OCH3 is 1. The molecule has 0 saturated heterocycles. The molecule has 0 bridgehead atoms. The van der Waals surface area contributed by atoms with E-state index in [-0.39, 0.29) is 0 Å². The summed E-state index contributed by atoms with van der Waals surface area (Å²) in [7, 11) is 1.69. The van der Waals surface area contributed by atoms with Crippen molar-refractivity contribution in [3.05, 3.63) is 23.2 Å². The molecule has 2 nitrogen and oxygen atoms in total. The number of nitrogens with one attached hydrogen (secondary N) is 1. The van der Waals surface area contributed by atoms with E-state index in [0.29, 0.717) is 17.9 Å². The number of halogens is 1. The van der Waals surface area contributed by atoms with Gasteiger partial charge in [0.1, 0.15) is 5.75 Å². The summed E-state index contributed by atoms with van der Waals surface area (Å²) >= 11 is 6.07. The Balaban J connectivity index is 2.85. The van der Waals surface area contributed by atoms with Gasteiger partial charge in [-0.05, 0) is 42.9 Å². The van der Waals surface area contributed by atoms with Gasteiger partial charge in [0.2, 0.25) is 0 Å². The van der Waals surface area contributed by atoms with E-state index >= 15 is 0 Å². The van der Waals surface area contributed by atoms with Crippen LogP contribution in [0.2, 0.25) is 5.02 Å². The molecule has 0 saturated carbocycles. The summed E-state index contributed by atoms with van der Waals surface area (Å²) < 4.78 is 5.39. The van der Waals surface area contributed by atoms with Gasteiger partial charge in [0.05, 0.1) is 12.8 Å². The molecule has 0 aromatic heterocycles. The molecule has 108 valence electrons. The number of rotatable bonds is 7. The van der Waals surface area contributed by atoms with Crippen molar-refractivity contribution in [2.75, 3.05) is 12.4 Å². The first-order valence-electron chi connectivity index (χ1n) is 7.02. The standard InChI is InChI=1S/C16H26ClNO/c1-11(2)8-14(9-12(3)4)18-15-10-13(17)6-7-16(15)19-5/h6-7,10-12,14,18H,8-9H2,1-5H3. The molecule has 0 unspecified atom stereocenters. The Hall–Kier alpha value is -0.890. The van der Waals surface area contributed by atoms with Crippen LogP contribution in [-0.2, 0) is 0 Å². The van der Waals surface area contributed by atoms with Gasteiger partial charge in [-0.2, -0.15) is 0 Å². The zero-order valence-electron chi connectivity index (χ0n) is 12.7. The predicted molar refractivity (Wildman–Crippen MR) is 84.3 cm³/mol. The SMILES string of the molecule is COc1ccc(Cl)cc1NC(CC(C)C)CC(C)C. The molecule has 0 radical (unpaired) electrons. The first-order chi connectivity index (χ1) is 8.92. The van der Waals surface area contributed by atoms with Crippen LogP contribution in [0.25, 0.3) is 0 Å². The summed E-state index contributed by atoms with van der Waals surface area (Å²) in [4.78, 5) is 0. The highest BCUT2D eigenvalue weighted by atomic mass is 35.5. The normalized spacial score (nSPS) is 11.4. The smallest absolute Gasteiger partial charge is 0.142 e. The maximum atomic E-state index is 6.07. The fourth-order valence-electron chi connectivity index (χ4n) is 2.37. The molecule has 1 N–H and O–H groups in total. The van der Waals surface area contributed by atoms with Crippen LogP contribution in [0.15, 0.2) is 18.2 Å². The maximum absolute atomic E-state index is 6.07. The molecule has 0 aliphatic heterocycles. The summed E-state index contributed by atoms with van der Waals surface area (Å²) in [6, 6.07) is 6.15. The molecule has 0 atom stereocenters. The van der Waals surface area contributed by atoms with E-state index < -0.39 is 0 Å². The van der Waals surface area contributed by atoms with Gasteiger partial charge >= 0.3 is 0 Å². The van der Waals surface area contributed by atoms with Crippen molar-refractivity contribution in [3.8, 4) is 5.75 Å². The lowest BCUT2D eigenvalue weighted by atomic mass is 9.95. The summed E-state index contributed by atoms with van der Waals surface area (Å²) in [5.41, 5.74) is 0.987. The number of hydrogen-bond acceptors (Lipinski definition) is 2. The second-order valence-corrected chi connectivity index (χ2v) is 6.38. The van der Waals surface area contributed by atoms with Gasteiger partial charge in [0.25, 0.3) is 0 Å². The van der Waals surface area contributed by atoms with E-state index in [9.17, 15) is 0 Å². The van der Waals surface area contributed by atoms with E-state index in [4.69, 9.17) is 16.3 Å². The molecule has 19 heavy (non-hydrogen) atoms. The second-order valence-electron chi connectivity index (χ2n) is 5.94. The molecule has 1 aromatic rings. The highest BCUT2D eigenvalue weighted by Gasteiger charge is 2.15. The number of ether oxygens (including phenoxy) is 1. The van der Waals surface area contributed by atoms with Crippen molar-refractivity contribution in [2.45, 2.75) is 46.6 Å². The van der Waals surface area contributed by atoms with Crippen molar-refractivity contribution in [1.82, 2.24) is 0 Å². The Labute approximate surface area is 122 Å². The Morgan fingerprint density at radius 1 is 1.11 bits per heavy atom. The molecule has 0 heterocycles. The third-order valence-corrected chi connectivity index (χ3v) is 3.27. The van der Waals surface area contributed by atoms with Crippen LogP contribution in [0.5, 0.6) is 5.75 Å². The van der Waals surface area contributed by atoms with Crippen molar-refractivity contribution in [3.63, 3.8) is 0 Å². The van der Waals surface area contributed by atoms with Gasteiger partial charge in [0, 0.05) is 11.1 Å². The van der Waals surface area contributed by atoms with Gasteiger partial charge in [-0.1, -0.05) is 39.3 Å². The van der Waals surface area contributed by atoms with E-state index in [1.807, 2.05) is 18.2 Å². The van der Waals surface area contributed by atoms with Crippen LogP contribution in [-0.4, -0.2) is 13.2 Å². The van der Waals surface area contributed by atoms with Gasteiger partial charge in [-0.15, -0.1) is 0 Å². The third-order valence-electron chi connectivity index (χ3n) is 3.03. The van der Waals surface area contributed by atoms with Crippen LogP contribution >= 0.6 is 11.6 Å². The van der Waals surface area contributed by atoms with Crippen molar-refractivity contribution in [2.24, 2.45) is 11.8 Å². The molecule has 0 aliphatic carbocycles. The van der Waals surface area contributed by atoms with Gasteiger partial charge in [0.15, 0.2) is 0 Å². The molecule has 0 fully saturated rings. The first kappa shape index (κ1) is 16.2. The summed E-state index contributed by atoms with van der Waals surface area (Å²) in [5.74, 6) is 2.18. The first-order valence-corrected chi connectivity index (χ1v) is 7.40. The van der Waals surface area contributed by atoms with Gasteiger partial charge in [-0.3, -0.25) is 0 Å². The lowest BCUT2D eigenvalue weighted by molar-refractivity contribution is 0.411. The molecular formula is C16H26ClNO. The second kappa shape index (κ2) is 7.64. The molecule has 1 aromatic carbocycles. The Morgan fingerprint density at radius 2 is 1.68 bits per heavy atom. The minimum atomic E-state index is 0.451. The average Bonchev–Trinajstić information content (AvgIpc) is 2.27. The van der Waals surface area contributed by atoms with Crippen molar-refractivity contribution < 1.29 is 4.74 Å². The average molecular weight is 284 g/mol. The zero-order valence-corrected chi connectivity index (χ0v) is 13.4. The largest absolute Gasteiger partial charge is 0.495 e. The van der Waals surface area contributed by atoms with Crippen LogP contribution in [0.1, 0.15) is 40.5 Å². The molecular weight excluding hydrogens is 258 g/mol. The summed E-state index contributed by atoms with van der Waals surface area (Å²) in [6.07, 6.45) is 2.29. The lowest BCUT2D eigenvalue weighted by Crippen LogP contribution is -2.23. The van der Waals surface area contributed by atoms with E-state index in [1.165, 1.54) is 0 Å². The monoisotopic (exact) mass is 283 g/mol. The highest BCUT2D eigenvalue weighted by molar-refractivity contribution is 6.30. The minimum absolute atomic E-state index is 0.451. The predicted octanol–water partition coefficient (Wildman–Crippen LogP) is 5.22. The number of anilines is 1. The van der Waals surface area contributed by atoms with E-state index in [1.54, 1.807) is 7.11 Å². The summed E-state index contributed by atoms with van der Waals surface area (Å²) in [5, 5.41) is 4.33. The maximum Gasteiger partial charge on any atom is 0.142 e. The molecule has 0 aliphatic rings. The molecule has 0 spiro atoms. The van der Waals surface area contributed by atoms with E-state index in [2.05, 4.69) is 33.0 Å². The fourth-order valence-corrected chi connectivity index (χ4v) is 2.54. The quantitative estimate of drug-likeness (QED) is 0.740. The van der Waals surface area contributed by atoms with Gasteiger partial charge < -0.3 is 10.1 Å². The van der Waals surface area contributed by atoms with Crippen LogP contribution in [0.4, 0.5) is 5.69 Å². The van der Waals surface area contributed by atoms with Gasteiger partial charge in [-0.25, -0.2) is 0 Å². The molecule has 1 rings (SSSR count). The van der Waals surface area contributed by atoms with Crippen molar-refractivity contribution in [1.29, 1.82) is 0 Å². The minimum Gasteiger partial charge on any atom is -0.495 e. The lowest BCUT2D eigenvalue weighted by Gasteiger charge is -2.24. The van der Waals surface area contributed by atoms with Crippen LogP contribution < -0.4 is 10.1 Å². The highest BCUT2D eigenvalue weighted by Crippen LogP contribution is 2.30.